The van der Waals surface area contributed by atoms with Gasteiger partial charge < -0.3 is 0 Å². The maximum Gasteiger partial charge on any atom is 0.134 e. The zero-order valence-electron chi connectivity index (χ0n) is 7.26. The first-order chi connectivity index (χ1) is 7.08. The van der Waals surface area contributed by atoms with Crippen molar-refractivity contribution < 1.29 is 8.78 Å². The standard InChI is InChI=1S/C10H3F2IN2/c11-9-2-7(13)3-10(12)8(9)1-6(4-14)5-15/h1-3H. The SMILES string of the molecule is N#CC(C#N)=Cc1c(F)cc(I)cc1F. The molecule has 0 fully saturated rings. The van der Waals surface area contributed by atoms with E-state index in [2.05, 4.69) is 0 Å². The summed E-state index contributed by atoms with van der Waals surface area (Å²) < 4.78 is 26.9. The van der Waals surface area contributed by atoms with Gasteiger partial charge in [0.05, 0.1) is 0 Å². The second kappa shape index (κ2) is 4.85. The normalized spacial score (nSPS) is 8.87. The van der Waals surface area contributed by atoms with Crippen LogP contribution < -0.4 is 0 Å². The molecule has 0 heterocycles. The molecule has 0 aromatic heterocycles. The third-order valence-corrected chi connectivity index (χ3v) is 2.20. The Morgan fingerprint density at radius 1 is 1.20 bits per heavy atom. The summed E-state index contributed by atoms with van der Waals surface area (Å²) in [6.07, 6.45) is 0.890. The summed E-state index contributed by atoms with van der Waals surface area (Å²) in [6.45, 7) is 0. The Hall–Kier alpha value is -1.47. The molecule has 0 aliphatic carbocycles. The number of hydrogen-bond acceptors (Lipinski definition) is 2. The summed E-state index contributed by atoms with van der Waals surface area (Å²) in [5.74, 6) is -1.58. The number of halogens is 3. The molecule has 15 heavy (non-hydrogen) atoms. The lowest BCUT2D eigenvalue weighted by Gasteiger charge is -1.99. The van der Waals surface area contributed by atoms with Crippen LogP contribution in [0.3, 0.4) is 0 Å². The molecule has 0 unspecified atom stereocenters. The molecule has 0 spiro atoms. The predicted molar refractivity (Wildman–Crippen MR) is 58.3 cm³/mol. The van der Waals surface area contributed by atoms with E-state index in [1.165, 1.54) is 12.1 Å². The molecule has 2 nitrogen and oxygen atoms in total. The van der Waals surface area contributed by atoms with Crippen molar-refractivity contribution in [1.29, 1.82) is 10.5 Å². The highest BCUT2D eigenvalue weighted by molar-refractivity contribution is 14.1. The summed E-state index contributed by atoms with van der Waals surface area (Å²) in [5.41, 5.74) is -0.706. The van der Waals surface area contributed by atoms with Crippen molar-refractivity contribution in [2.45, 2.75) is 0 Å². The third-order valence-electron chi connectivity index (χ3n) is 1.57. The van der Waals surface area contributed by atoms with E-state index in [0.29, 0.717) is 3.57 Å². The zero-order valence-corrected chi connectivity index (χ0v) is 9.42. The van der Waals surface area contributed by atoms with Crippen LogP contribution in [0.4, 0.5) is 8.78 Å². The molecular weight excluding hydrogens is 313 g/mol. The molecule has 74 valence electrons. The van der Waals surface area contributed by atoms with E-state index in [0.717, 1.165) is 18.2 Å². The molecule has 0 N–H and O–H groups in total. The van der Waals surface area contributed by atoms with Gasteiger partial charge in [0, 0.05) is 9.13 Å². The van der Waals surface area contributed by atoms with Crippen LogP contribution >= 0.6 is 22.6 Å². The third kappa shape index (κ3) is 2.74. The van der Waals surface area contributed by atoms with Gasteiger partial charge in [-0.3, -0.25) is 0 Å². The lowest BCUT2D eigenvalue weighted by molar-refractivity contribution is 0.577. The van der Waals surface area contributed by atoms with Crippen molar-refractivity contribution in [3.63, 3.8) is 0 Å². The number of allylic oxidation sites excluding steroid dienone is 1. The quantitative estimate of drug-likeness (QED) is 0.591. The Bertz CT molecular complexity index is 470. The fourth-order valence-corrected chi connectivity index (χ4v) is 1.47. The Balaban J connectivity index is 3.36. The van der Waals surface area contributed by atoms with Crippen LogP contribution in [0.2, 0.25) is 0 Å². The van der Waals surface area contributed by atoms with E-state index in [-0.39, 0.29) is 11.1 Å². The van der Waals surface area contributed by atoms with Gasteiger partial charge in [0.25, 0.3) is 0 Å². The van der Waals surface area contributed by atoms with Crippen LogP contribution in [0, 0.1) is 37.9 Å². The summed E-state index contributed by atoms with van der Waals surface area (Å²) in [4.78, 5) is 0. The minimum absolute atomic E-state index is 0.339. The Labute approximate surface area is 98.6 Å². The van der Waals surface area contributed by atoms with Gasteiger partial charge in [-0.15, -0.1) is 0 Å². The number of benzene rings is 1. The first-order valence-electron chi connectivity index (χ1n) is 3.75. The number of hydrogen-bond donors (Lipinski definition) is 0. The van der Waals surface area contributed by atoms with Crippen molar-refractivity contribution in [2.24, 2.45) is 0 Å². The summed E-state index contributed by atoms with van der Waals surface area (Å²) >= 11 is 1.77. The van der Waals surface area contributed by atoms with E-state index in [4.69, 9.17) is 10.5 Å². The first kappa shape index (κ1) is 11.6. The molecule has 5 heteroatoms. The van der Waals surface area contributed by atoms with E-state index in [9.17, 15) is 8.78 Å². The maximum absolute atomic E-state index is 13.2. The average Bonchev–Trinajstić information content (AvgIpc) is 2.17. The molecule has 1 aromatic carbocycles. The molecule has 0 radical (unpaired) electrons. The van der Waals surface area contributed by atoms with Gasteiger partial charge in [-0.05, 0) is 40.8 Å². The average molecular weight is 316 g/mol. The predicted octanol–water partition coefficient (Wildman–Crippen LogP) is 3.00. The minimum atomic E-state index is -0.789. The topological polar surface area (TPSA) is 47.6 Å². The van der Waals surface area contributed by atoms with Crippen molar-refractivity contribution in [2.75, 3.05) is 0 Å². The Morgan fingerprint density at radius 3 is 2.07 bits per heavy atom. The Morgan fingerprint density at radius 2 is 1.67 bits per heavy atom. The molecule has 0 aliphatic rings. The van der Waals surface area contributed by atoms with E-state index >= 15 is 0 Å². The lowest BCUT2D eigenvalue weighted by Crippen LogP contribution is -1.91. The van der Waals surface area contributed by atoms with Crippen molar-refractivity contribution in [1.82, 2.24) is 0 Å². The van der Waals surface area contributed by atoms with Crippen LogP contribution in [0.1, 0.15) is 5.56 Å². The number of nitriles is 2. The highest BCUT2D eigenvalue weighted by Gasteiger charge is 2.09. The molecule has 1 rings (SSSR count). The van der Waals surface area contributed by atoms with Crippen molar-refractivity contribution in [3.05, 3.63) is 38.5 Å². The molecule has 0 bridgehead atoms. The summed E-state index contributed by atoms with van der Waals surface area (Å²) in [7, 11) is 0. The molecule has 0 saturated heterocycles. The largest absolute Gasteiger partial charge is 0.206 e. The number of nitrogens with zero attached hydrogens (tertiary/aromatic N) is 2. The summed E-state index contributed by atoms with van der Waals surface area (Å²) in [5, 5.41) is 16.9. The fraction of sp³-hybridized carbons (Fsp3) is 0. The molecule has 0 atom stereocenters. The van der Waals surface area contributed by atoms with Crippen LogP contribution in [0.25, 0.3) is 6.08 Å². The molecule has 1 aromatic rings. The van der Waals surface area contributed by atoms with E-state index in [1.54, 1.807) is 22.6 Å². The van der Waals surface area contributed by atoms with Gasteiger partial charge >= 0.3 is 0 Å². The van der Waals surface area contributed by atoms with Crippen LogP contribution in [0.5, 0.6) is 0 Å². The van der Waals surface area contributed by atoms with Gasteiger partial charge in [-0.1, -0.05) is 0 Å². The zero-order chi connectivity index (χ0) is 11.4. The molecular formula is C10H3F2IN2. The molecule has 0 aliphatic heterocycles. The second-order valence-corrected chi connectivity index (χ2v) is 3.81. The minimum Gasteiger partial charge on any atom is -0.206 e. The van der Waals surface area contributed by atoms with Gasteiger partial charge in [0.15, 0.2) is 0 Å². The van der Waals surface area contributed by atoms with Crippen LogP contribution in [0.15, 0.2) is 17.7 Å². The van der Waals surface area contributed by atoms with E-state index < -0.39 is 11.6 Å². The monoisotopic (exact) mass is 316 g/mol. The lowest BCUT2D eigenvalue weighted by atomic mass is 10.1. The first-order valence-corrected chi connectivity index (χ1v) is 4.82. The highest BCUT2D eigenvalue weighted by atomic mass is 127. The van der Waals surface area contributed by atoms with Crippen molar-refractivity contribution in [3.8, 4) is 12.1 Å². The van der Waals surface area contributed by atoms with Gasteiger partial charge in [0.1, 0.15) is 29.3 Å². The fourth-order valence-electron chi connectivity index (χ4n) is 0.925. The second-order valence-electron chi connectivity index (χ2n) is 2.56. The van der Waals surface area contributed by atoms with Crippen LogP contribution in [-0.4, -0.2) is 0 Å². The van der Waals surface area contributed by atoms with Gasteiger partial charge in [-0.25, -0.2) is 8.78 Å². The Kier molecular flexibility index (Phi) is 3.75. The highest BCUT2D eigenvalue weighted by Crippen LogP contribution is 2.19. The van der Waals surface area contributed by atoms with Crippen LogP contribution in [-0.2, 0) is 0 Å². The van der Waals surface area contributed by atoms with Crippen molar-refractivity contribution >= 4 is 28.7 Å². The summed E-state index contributed by atoms with van der Waals surface area (Å²) in [6, 6.07) is 5.32. The maximum atomic E-state index is 13.2. The smallest absolute Gasteiger partial charge is 0.134 e. The van der Waals surface area contributed by atoms with Gasteiger partial charge in [-0.2, -0.15) is 10.5 Å². The number of rotatable bonds is 1. The van der Waals surface area contributed by atoms with E-state index in [1.807, 2.05) is 0 Å². The van der Waals surface area contributed by atoms with Gasteiger partial charge in [0.2, 0.25) is 0 Å². The molecule has 0 saturated carbocycles. The molecule has 0 amide bonds.